The van der Waals surface area contributed by atoms with E-state index in [0.717, 1.165) is 25.3 Å². The molecule has 0 spiro atoms. The van der Waals surface area contributed by atoms with E-state index in [0.29, 0.717) is 55.5 Å². The highest BCUT2D eigenvalue weighted by Crippen LogP contribution is 2.31. The number of pyridine rings is 1. The number of likely N-dealkylation sites (tertiary alicyclic amines) is 1. The van der Waals surface area contributed by atoms with E-state index in [1.165, 1.54) is 24.3 Å². The van der Waals surface area contributed by atoms with Crippen LogP contribution in [0.15, 0.2) is 36.4 Å². The number of ether oxygens (including phenoxy) is 2. The molecule has 1 unspecified atom stereocenters. The first-order chi connectivity index (χ1) is 23.1. The molecule has 0 saturated carbocycles. The van der Waals surface area contributed by atoms with Crippen LogP contribution in [0.3, 0.4) is 0 Å². The minimum Gasteiger partial charge on any atom is -0.471 e. The molecular formula is C31H27F5N10O2. The van der Waals surface area contributed by atoms with E-state index >= 15 is 0 Å². The maximum atomic E-state index is 14.6. The summed E-state index contributed by atoms with van der Waals surface area (Å²) in [5.41, 5.74) is 2.05. The average Bonchev–Trinajstić information content (AvgIpc) is 3.68. The predicted octanol–water partition coefficient (Wildman–Crippen LogP) is 4.92. The van der Waals surface area contributed by atoms with Gasteiger partial charge in [0, 0.05) is 23.8 Å². The number of aromatic amines is 1. The molecule has 12 nitrogen and oxygen atoms in total. The van der Waals surface area contributed by atoms with Crippen LogP contribution < -0.4 is 4.74 Å². The molecule has 4 aromatic heterocycles. The van der Waals surface area contributed by atoms with Crippen LogP contribution in [0, 0.1) is 23.0 Å². The highest BCUT2D eigenvalue weighted by molar-refractivity contribution is 5.75. The molecule has 0 bridgehead atoms. The molecule has 2 fully saturated rings. The lowest BCUT2D eigenvalue weighted by atomic mass is 9.93. The molecule has 0 aliphatic carbocycles. The Balaban J connectivity index is 1.04. The van der Waals surface area contributed by atoms with Gasteiger partial charge in [-0.05, 0) is 62.7 Å². The summed E-state index contributed by atoms with van der Waals surface area (Å²) in [6.45, 7) is 2.79. The first kappa shape index (κ1) is 31.5. The second kappa shape index (κ2) is 12.8. The van der Waals surface area contributed by atoms with E-state index in [1.807, 2.05) is 10.6 Å². The summed E-state index contributed by atoms with van der Waals surface area (Å²) in [5, 5.41) is 24.1. The van der Waals surface area contributed by atoms with Gasteiger partial charge in [-0.1, -0.05) is 6.07 Å². The van der Waals surface area contributed by atoms with Crippen molar-refractivity contribution in [2.24, 2.45) is 0 Å². The highest BCUT2D eigenvalue weighted by Gasteiger charge is 2.36. The molecule has 2 aliphatic heterocycles. The fourth-order valence-corrected chi connectivity index (χ4v) is 5.77. The summed E-state index contributed by atoms with van der Waals surface area (Å²) in [7, 11) is 0. The van der Waals surface area contributed by atoms with Crippen LogP contribution in [-0.4, -0.2) is 70.6 Å². The van der Waals surface area contributed by atoms with Crippen molar-refractivity contribution in [2.45, 2.75) is 57.2 Å². The molecule has 1 atom stereocenters. The Kier molecular flexibility index (Phi) is 8.43. The zero-order chi connectivity index (χ0) is 33.4. The van der Waals surface area contributed by atoms with Crippen molar-refractivity contribution < 1.29 is 31.4 Å². The Morgan fingerprint density at radius 1 is 0.979 bits per heavy atom. The number of nitrogens with zero attached hydrogens (tertiary/aromatic N) is 9. The summed E-state index contributed by atoms with van der Waals surface area (Å²) in [6, 6.07) is 10.3. The van der Waals surface area contributed by atoms with Gasteiger partial charge >= 0.3 is 6.18 Å². The number of piperidine rings is 1. The summed E-state index contributed by atoms with van der Waals surface area (Å²) < 4.78 is 81.1. The number of rotatable bonds is 9. The molecule has 0 amide bonds. The van der Waals surface area contributed by atoms with Crippen molar-refractivity contribution in [1.82, 2.24) is 44.8 Å². The van der Waals surface area contributed by atoms with Crippen LogP contribution in [0.1, 0.15) is 53.7 Å². The zero-order valence-corrected chi connectivity index (χ0v) is 25.2. The molecule has 7 rings (SSSR count). The zero-order valence-electron chi connectivity index (χ0n) is 25.2. The molecule has 5 aromatic rings. The highest BCUT2D eigenvalue weighted by atomic mass is 19.4. The van der Waals surface area contributed by atoms with E-state index in [-0.39, 0.29) is 47.2 Å². The third kappa shape index (κ3) is 6.53. The van der Waals surface area contributed by atoms with E-state index in [4.69, 9.17) is 19.7 Å². The summed E-state index contributed by atoms with van der Waals surface area (Å²) >= 11 is 0. The van der Waals surface area contributed by atoms with Gasteiger partial charge in [-0.3, -0.25) is 4.90 Å². The summed E-state index contributed by atoms with van der Waals surface area (Å²) in [6.07, 6.45) is -2.35. The van der Waals surface area contributed by atoms with Gasteiger partial charge in [0.1, 0.15) is 29.5 Å². The molecule has 2 saturated heterocycles. The van der Waals surface area contributed by atoms with Gasteiger partial charge in [0.05, 0.1) is 30.8 Å². The number of alkyl halides is 3. The monoisotopic (exact) mass is 666 g/mol. The molecule has 248 valence electrons. The van der Waals surface area contributed by atoms with Crippen molar-refractivity contribution in [3.8, 4) is 23.5 Å². The number of halogens is 5. The lowest BCUT2D eigenvalue weighted by Gasteiger charge is -2.32. The predicted molar refractivity (Wildman–Crippen MR) is 157 cm³/mol. The minimum atomic E-state index is -4.68. The van der Waals surface area contributed by atoms with Gasteiger partial charge in [-0.2, -0.15) is 18.4 Å². The van der Waals surface area contributed by atoms with Crippen LogP contribution in [0.2, 0.25) is 0 Å². The van der Waals surface area contributed by atoms with Gasteiger partial charge in [-0.15, -0.1) is 20.4 Å². The first-order valence-electron chi connectivity index (χ1n) is 15.2. The van der Waals surface area contributed by atoms with Crippen LogP contribution in [0.25, 0.3) is 22.7 Å². The summed E-state index contributed by atoms with van der Waals surface area (Å²) in [5.74, 6) is -2.13. The van der Waals surface area contributed by atoms with Gasteiger partial charge in [-0.25, -0.2) is 18.7 Å². The van der Waals surface area contributed by atoms with E-state index < -0.39 is 23.6 Å². The van der Waals surface area contributed by atoms with Crippen LogP contribution in [-0.2, 0) is 30.6 Å². The number of fused-ring (bicyclic) bond motifs is 1. The molecule has 48 heavy (non-hydrogen) atoms. The SMILES string of the molecule is N#Cc1ccc(COc2nc(C3CCN(Cc4nc5cc(-c6nnc(C(F)(F)F)[nH]6)nnc5n4CC4CCO4)CC3)ccc2F)c(F)c1. The van der Waals surface area contributed by atoms with Gasteiger partial charge in [0.2, 0.25) is 5.82 Å². The fourth-order valence-electron chi connectivity index (χ4n) is 5.77. The van der Waals surface area contributed by atoms with Crippen molar-refractivity contribution in [3.05, 3.63) is 76.5 Å². The van der Waals surface area contributed by atoms with Gasteiger partial charge in [0.15, 0.2) is 17.3 Å². The Hall–Kier alpha value is -5.08. The number of nitrogens with one attached hydrogen (secondary N) is 1. The van der Waals surface area contributed by atoms with Crippen LogP contribution >= 0.6 is 0 Å². The number of imidazole rings is 1. The maximum Gasteiger partial charge on any atom is 0.451 e. The Labute approximate surface area is 269 Å². The standard InChI is InChI=1S/C31H27F5N10O2/c32-21-3-4-23(39-29(21)48-16-19-2-1-17(13-37)11-22(19)33)18-5-8-45(9-6-18)15-26-38-25-12-24(27-40-30(44-42-27)31(34,35)36)41-43-28(25)46(26)14-20-7-10-47-20/h1-4,11-12,18,20H,5-10,14-16H2,(H,40,42,44). The lowest BCUT2D eigenvalue weighted by Crippen LogP contribution is -2.35. The number of H-pyrrole nitrogens is 1. The van der Waals surface area contributed by atoms with Crippen molar-refractivity contribution >= 4 is 11.2 Å². The second-order valence-corrected chi connectivity index (χ2v) is 11.7. The number of hydrogen-bond donors (Lipinski definition) is 1. The van der Waals surface area contributed by atoms with Crippen molar-refractivity contribution in [3.63, 3.8) is 0 Å². The smallest absolute Gasteiger partial charge is 0.451 e. The fraction of sp³-hybridized carbons (Fsp3) is 0.387. The normalized spacial score (nSPS) is 17.4. The van der Waals surface area contributed by atoms with E-state index in [2.05, 4.69) is 35.3 Å². The van der Waals surface area contributed by atoms with Crippen LogP contribution in [0.5, 0.6) is 5.88 Å². The Morgan fingerprint density at radius 3 is 2.48 bits per heavy atom. The largest absolute Gasteiger partial charge is 0.471 e. The topological polar surface area (TPSA) is 144 Å². The lowest BCUT2D eigenvalue weighted by molar-refractivity contribution is -0.144. The minimum absolute atomic E-state index is 0.00801. The summed E-state index contributed by atoms with van der Waals surface area (Å²) in [4.78, 5) is 13.6. The van der Waals surface area contributed by atoms with Gasteiger partial charge < -0.3 is 19.0 Å². The van der Waals surface area contributed by atoms with Crippen molar-refractivity contribution in [2.75, 3.05) is 19.7 Å². The maximum absolute atomic E-state index is 14.6. The molecule has 2 aliphatic rings. The third-order valence-corrected chi connectivity index (χ3v) is 8.50. The Bertz CT molecular complexity index is 1990. The first-order valence-corrected chi connectivity index (χ1v) is 15.2. The third-order valence-electron chi connectivity index (χ3n) is 8.50. The average molecular weight is 667 g/mol. The molecule has 1 aromatic carbocycles. The molecule has 1 N–H and O–H groups in total. The van der Waals surface area contributed by atoms with Crippen LogP contribution in [0.4, 0.5) is 22.0 Å². The molecule has 0 radical (unpaired) electrons. The number of aromatic nitrogens is 8. The Morgan fingerprint density at radius 2 is 1.79 bits per heavy atom. The van der Waals surface area contributed by atoms with E-state index in [1.54, 1.807) is 6.07 Å². The molecule has 6 heterocycles. The number of hydrogen-bond acceptors (Lipinski definition) is 10. The van der Waals surface area contributed by atoms with Gasteiger partial charge in [0.25, 0.3) is 5.88 Å². The number of benzene rings is 1. The second-order valence-electron chi connectivity index (χ2n) is 11.7. The van der Waals surface area contributed by atoms with Crippen molar-refractivity contribution in [1.29, 1.82) is 5.26 Å². The van der Waals surface area contributed by atoms with E-state index in [9.17, 15) is 22.0 Å². The molecule has 17 heteroatoms. The number of nitriles is 1. The quantitative estimate of drug-likeness (QED) is 0.215. The molecular weight excluding hydrogens is 639 g/mol.